The highest BCUT2D eigenvalue weighted by Crippen LogP contribution is 2.16. The number of hydrogen-bond donors (Lipinski definition) is 1. The highest BCUT2D eigenvalue weighted by atomic mass is 16.5. The van der Waals surface area contributed by atoms with E-state index in [1.807, 2.05) is 6.07 Å². The van der Waals surface area contributed by atoms with Crippen molar-refractivity contribution in [1.29, 1.82) is 5.26 Å². The van der Waals surface area contributed by atoms with E-state index in [1.165, 1.54) is 6.20 Å². The van der Waals surface area contributed by atoms with Crippen molar-refractivity contribution < 1.29 is 4.74 Å². The number of nitrogens with zero attached hydrogens (tertiary/aromatic N) is 2. The lowest BCUT2D eigenvalue weighted by Crippen LogP contribution is -2.01. The maximum absolute atomic E-state index is 8.82. The van der Waals surface area contributed by atoms with Gasteiger partial charge in [-0.2, -0.15) is 5.26 Å². The molecule has 0 aliphatic carbocycles. The number of anilines is 1. The zero-order valence-electron chi connectivity index (χ0n) is 8.86. The van der Waals surface area contributed by atoms with Gasteiger partial charge < -0.3 is 10.5 Å². The molecule has 0 amide bonds. The largest absolute Gasteiger partial charge is 0.477 e. The Balaban J connectivity index is 2.57. The van der Waals surface area contributed by atoms with Gasteiger partial charge in [0, 0.05) is 0 Å². The average Bonchev–Trinajstić information content (AvgIpc) is 2.26. The number of pyridine rings is 1. The summed E-state index contributed by atoms with van der Waals surface area (Å²) in [5.41, 5.74) is 6.38. The predicted octanol–water partition coefficient (Wildman–Crippen LogP) is 2.10. The van der Waals surface area contributed by atoms with Crippen LogP contribution in [0.4, 0.5) is 5.69 Å². The van der Waals surface area contributed by atoms with E-state index in [0.29, 0.717) is 23.7 Å². The number of nitrogens with two attached hydrogens (primary N) is 1. The molecule has 0 saturated carbocycles. The first-order chi connectivity index (χ1) is 7.27. The molecule has 0 atom stereocenters. The van der Waals surface area contributed by atoms with Crippen LogP contribution in [0.25, 0.3) is 0 Å². The fourth-order valence-corrected chi connectivity index (χ4v) is 1.18. The third-order valence-electron chi connectivity index (χ3n) is 1.98. The van der Waals surface area contributed by atoms with Crippen LogP contribution in [0, 0.1) is 11.3 Å². The number of unbranched alkanes of at least 4 members (excludes halogenated alkanes) is 2. The summed E-state index contributed by atoms with van der Waals surface area (Å²) < 4.78 is 5.40. The van der Waals surface area contributed by atoms with Gasteiger partial charge in [-0.05, 0) is 12.5 Å². The predicted molar refractivity (Wildman–Crippen MR) is 58.4 cm³/mol. The van der Waals surface area contributed by atoms with Crippen LogP contribution in [0.3, 0.4) is 0 Å². The summed E-state index contributed by atoms with van der Waals surface area (Å²) in [6.45, 7) is 2.72. The third-order valence-corrected chi connectivity index (χ3v) is 1.98. The molecule has 4 heteroatoms. The molecule has 1 rings (SSSR count). The lowest BCUT2D eigenvalue weighted by Gasteiger charge is -2.06. The van der Waals surface area contributed by atoms with Crippen molar-refractivity contribution in [2.75, 3.05) is 12.3 Å². The normalized spacial score (nSPS) is 9.60. The van der Waals surface area contributed by atoms with Crippen molar-refractivity contribution >= 4 is 5.69 Å². The van der Waals surface area contributed by atoms with E-state index in [9.17, 15) is 0 Å². The molecule has 80 valence electrons. The van der Waals surface area contributed by atoms with Crippen LogP contribution in [0.2, 0.25) is 0 Å². The number of aromatic nitrogens is 1. The molecule has 0 aliphatic rings. The van der Waals surface area contributed by atoms with E-state index in [0.717, 1.165) is 19.3 Å². The summed E-state index contributed by atoms with van der Waals surface area (Å²) >= 11 is 0. The van der Waals surface area contributed by atoms with Crippen molar-refractivity contribution in [2.24, 2.45) is 0 Å². The molecule has 0 radical (unpaired) electrons. The monoisotopic (exact) mass is 205 g/mol. The second kappa shape index (κ2) is 5.86. The molecule has 15 heavy (non-hydrogen) atoms. The number of nitriles is 1. The van der Waals surface area contributed by atoms with Crippen LogP contribution in [0.1, 0.15) is 31.7 Å². The van der Waals surface area contributed by atoms with Crippen molar-refractivity contribution in [3.8, 4) is 11.9 Å². The zero-order chi connectivity index (χ0) is 11.1. The van der Waals surface area contributed by atoms with Gasteiger partial charge >= 0.3 is 0 Å². The fraction of sp³-hybridized carbons (Fsp3) is 0.455. The Hall–Kier alpha value is -1.76. The van der Waals surface area contributed by atoms with Gasteiger partial charge in [-0.25, -0.2) is 4.98 Å². The molecule has 0 aliphatic heterocycles. The SMILES string of the molecule is CCCCCOc1ncc(N)cc1C#N. The van der Waals surface area contributed by atoms with E-state index < -0.39 is 0 Å². The molecule has 1 aromatic heterocycles. The number of nitrogen functional groups attached to an aromatic ring is 1. The summed E-state index contributed by atoms with van der Waals surface area (Å²) in [7, 11) is 0. The quantitative estimate of drug-likeness (QED) is 0.747. The fourth-order valence-electron chi connectivity index (χ4n) is 1.18. The van der Waals surface area contributed by atoms with E-state index in [2.05, 4.69) is 11.9 Å². The Labute approximate surface area is 89.7 Å². The molecule has 1 aromatic rings. The van der Waals surface area contributed by atoms with Crippen LogP contribution in [0.5, 0.6) is 5.88 Å². The smallest absolute Gasteiger partial charge is 0.231 e. The number of ether oxygens (including phenoxy) is 1. The molecule has 4 nitrogen and oxygen atoms in total. The number of rotatable bonds is 5. The van der Waals surface area contributed by atoms with Crippen LogP contribution < -0.4 is 10.5 Å². The highest BCUT2D eigenvalue weighted by molar-refractivity contribution is 5.48. The first kappa shape index (κ1) is 11.3. The van der Waals surface area contributed by atoms with E-state index in [1.54, 1.807) is 6.07 Å². The van der Waals surface area contributed by atoms with Crippen LogP contribution in [0.15, 0.2) is 12.3 Å². The molecule has 0 unspecified atom stereocenters. The second-order valence-electron chi connectivity index (χ2n) is 3.29. The highest BCUT2D eigenvalue weighted by Gasteiger charge is 2.04. The van der Waals surface area contributed by atoms with Gasteiger partial charge in [0.25, 0.3) is 0 Å². The van der Waals surface area contributed by atoms with Gasteiger partial charge in [0.2, 0.25) is 5.88 Å². The second-order valence-corrected chi connectivity index (χ2v) is 3.29. The summed E-state index contributed by atoms with van der Waals surface area (Å²) in [6.07, 6.45) is 4.74. The molecule has 0 aromatic carbocycles. The maximum atomic E-state index is 8.82. The lowest BCUT2D eigenvalue weighted by molar-refractivity contribution is 0.294. The van der Waals surface area contributed by atoms with Gasteiger partial charge in [-0.15, -0.1) is 0 Å². The lowest BCUT2D eigenvalue weighted by atomic mass is 10.2. The summed E-state index contributed by atoms with van der Waals surface area (Å²) in [6, 6.07) is 3.58. The molecule has 1 heterocycles. The first-order valence-corrected chi connectivity index (χ1v) is 5.06. The Morgan fingerprint density at radius 2 is 2.33 bits per heavy atom. The standard InChI is InChI=1S/C11H15N3O/c1-2-3-4-5-15-11-9(7-12)6-10(13)8-14-11/h6,8H,2-5,13H2,1H3. The van der Waals surface area contributed by atoms with Crippen LogP contribution >= 0.6 is 0 Å². The Kier molecular flexibility index (Phi) is 4.42. The average molecular weight is 205 g/mol. The maximum Gasteiger partial charge on any atom is 0.231 e. The van der Waals surface area contributed by atoms with Crippen molar-refractivity contribution in [3.05, 3.63) is 17.8 Å². The minimum atomic E-state index is 0.378. The minimum absolute atomic E-state index is 0.378. The molecule has 0 bridgehead atoms. The molecular weight excluding hydrogens is 190 g/mol. The zero-order valence-corrected chi connectivity index (χ0v) is 8.86. The van der Waals surface area contributed by atoms with Crippen molar-refractivity contribution in [2.45, 2.75) is 26.2 Å². The third kappa shape index (κ3) is 3.47. The number of hydrogen-bond acceptors (Lipinski definition) is 4. The van der Waals surface area contributed by atoms with Crippen molar-refractivity contribution in [1.82, 2.24) is 4.98 Å². The molecule has 0 saturated heterocycles. The summed E-state index contributed by atoms with van der Waals surface area (Å²) in [4.78, 5) is 3.98. The first-order valence-electron chi connectivity index (χ1n) is 5.06. The van der Waals surface area contributed by atoms with Gasteiger partial charge in [0.05, 0.1) is 18.5 Å². The van der Waals surface area contributed by atoms with E-state index in [-0.39, 0.29) is 0 Å². The molecule has 0 spiro atoms. The molecular formula is C11H15N3O. The topological polar surface area (TPSA) is 71.9 Å². The van der Waals surface area contributed by atoms with Gasteiger partial charge in [-0.1, -0.05) is 19.8 Å². The molecule has 2 N–H and O–H groups in total. The Morgan fingerprint density at radius 3 is 3.00 bits per heavy atom. The van der Waals surface area contributed by atoms with Gasteiger partial charge in [-0.3, -0.25) is 0 Å². The Bertz CT molecular complexity index is 357. The van der Waals surface area contributed by atoms with Gasteiger partial charge in [0.15, 0.2) is 0 Å². The van der Waals surface area contributed by atoms with Gasteiger partial charge in [0.1, 0.15) is 11.6 Å². The van der Waals surface area contributed by atoms with E-state index >= 15 is 0 Å². The van der Waals surface area contributed by atoms with E-state index in [4.69, 9.17) is 15.7 Å². The van der Waals surface area contributed by atoms with Crippen LogP contribution in [-0.2, 0) is 0 Å². The minimum Gasteiger partial charge on any atom is -0.477 e. The molecule has 0 fully saturated rings. The van der Waals surface area contributed by atoms with Crippen LogP contribution in [-0.4, -0.2) is 11.6 Å². The van der Waals surface area contributed by atoms with Crippen molar-refractivity contribution in [3.63, 3.8) is 0 Å². The Morgan fingerprint density at radius 1 is 1.53 bits per heavy atom. The summed E-state index contributed by atoms with van der Waals surface area (Å²) in [5.74, 6) is 0.378. The summed E-state index contributed by atoms with van der Waals surface area (Å²) in [5, 5.41) is 8.82.